The fourth-order valence-corrected chi connectivity index (χ4v) is 2.14. The number of nitrogens with one attached hydrogen (secondary N) is 2. The molecule has 0 aliphatic carbocycles. The normalized spacial score (nSPS) is 19.2. The number of carbonyl (C=O) groups excluding carboxylic acids is 2. The van der Waals surface area contributed by atoms with Gasteiger partial charge in [0.05, 0.1) is 17.5 Å². The molecule has 1 fully saturated rings. The molecule has 1 unspecified atom stereocenters. The molecule has 112 valence electrons. The van der Waals surface area contributed by atoms with Gasteiger partial charge in [-0.05, 0) is 18.6 Å². The van der Waals surface area contributed by atoms with Gasteiger partial charge in [0.25, 0.3) is 5.69 Å². The van der Waals surface area contributed by atoms with Crippen LogP contribution in [0.4, 0.5) is 11.4 Å². The fraction of sp³-hybridized carbons (Fsp3) is 0.333. The predicted molar refractivity (Wildman–Crippen MR) is 73.9 cm³/mol. The Balaban J connectivity index is 2.23. The Morgan fingerprint density at radius 2 is 2.24 bits per heavy atom. The van der Waals surface area contributed by atoms with Gasteiger partial charge < -0.3 is 5.43 Å². The molecule has 2 amide bonds. The van der Waals surface area contributed by atoms with E-state index in [1.54, 1.807) is 17.9 Å². The molecule has 1 aliphatic heterocycles. The number of nitrogens with two attached hydrogens (primary N) is 1. The number of nitrogens with zero attached hydrogens (tertiary/aromatic N) is 2. The van der Waals surface area contributed by atoms with Crippen LogP contribution in [0.5, 0.6) is 0 Å². The van der Waals surface area contributed by atoms with Crippen LogP contribution in [0.1, 0.15) is 12.5 Å². The van der Waals surface area contributed by atoms with Crippen molar-refractivity contribution in [2.75, 3.05) is 12.0 Å². The Labute approximate surface area is 120 Å². The number of carbonyl (C=O) groups is 2. The highest BCUT2D eigenvalue weighted by atomic mass is 16.6. The predicted octanol–water partition coefficient (Wildman–Crippen LogP) is -0.273. The molecule has 0 spiro atoms. The Bertz CT molecular complexity index is 603. The van der Waals surface area contributed by atoms with Crippen LogP contribution in [0.15, 0.2) is 18.2 Å². The summed E-state index contributed by atoms with van der Waals surface area (Å²) >= 11 is 0. The number of imide groups is 1. The minimum absolute atomic E-state index is 0.0671. The fourth-order valence-electron chi connectivity index (χ4n) is 2.14. The number of amides is 2. The van der Waals surface area contributed by atoms with Crippen LogP contribution in [0, 0.1) is 10.1 Å². The average molecular weight is 293 g/mol. The quantitative estimate of drug-likeness (QED) is 0.301. The number of hydrogen-bond acceptors (Lipinski definition) is 7. The van der Waals surface area contributed by atoms with Crippen molar-refractivity contribution in [2.45, 2.75) is 19.5 Å². The highest BCUT2D eigenvalue weighted by Gasteiger charge is 2.30. The second kappa shape index (κ2) is 5.85. The number of nitrogen functional groups attached to an aromatic ring is 1. The molecular formula is C12H15N5O4. The van der Waals surface area contributed by atoms with E-state index in [0.717, 1.165) is 0 Å². The number of anilines is 1. The zero-order valence-electron chi connectivity index (χ0n) is 11.3. The standard InChI is InChI=1S/C12H15N5O4/c1-7-12(19)14-11(18)6-16(7)5-8-2-3-9(15-13)10(4-8)17(20)21/h2-4,7,15H,5-6,13H2,1H3,(H,14,18,19). The lowest BCUT2D eigenvalue weighted by atomic mass is 10.1. The first-order valence-corrected chi connectivity index (χ1v) is 6.24. The van der Waals surface area contributed by atoms with Crippen molar-refractivity contribution in [3.63, 3.8) is 0 Å². The van der Waals surface area contributed by atoms with Gasteiger partial charge in [0.15, 0.2) is 0 Å². The number of nitro groups is 1. The van der Waals surface area contributed by atoms with Crippen LogP contribution in [-0.4, -0.2) is 34.2 Å². The lowest BCUT2D eigenvalue weighted by Crippen LogP contribution is -2.56. The minimum atomic E-state index is -0.545. The van der Waals surface area contributed by atoms with Gasteiger partial charge in [0, 0.05) is 12.6 Å². The number of hydrogen-bond donors (Lipinski definition) is 3. The van der Waals surface area contributed by atoms with Gasteiger partial charge in [-0.3, -0.25) is 35.8 Å². The molecule has 1 heterocycles. The van der Waals surface area contributed by atoms with Crippen LogP contribution in [-0.2, 0) is 16.1 Å². The van der Waals surface area contributed by atoms with Crippen molar-refractivity contribution < 1.29 is 14.5 Å². The molecule has 9 heteroatoms. The van der Waals surface area contributed by atoms with Crippen LogP contribution < -0.4 is 16.6 Å². The zero-order valence-corrected chi connectivity index (χ0v) is 11.3. The van der Waals surface area contributed by atoms with Gasteiger partial charge in [0.2, 0.25) is 11.8 Å². The van der Waals surface area contributed by atoms with Crippen LogP contribution in [0.25, 0.3) is 0 Å². The monoisotopic (exact) mass is 293 g/mol. The molecule has 1 atom stereocenters. The molecule has 21 heavy (non-hydrogen) atoms. The molecule has 9 nitrogen and oxygen atoms in total. The number of rotatable bonds is 4. The van der Waals surface area contributed by atoms with Gasteiger partial charge in [-0.15, -0.1) is 0 Å². The van der Waals surface area contributed by atoms with Crippen molar-refractivity contribution in [2.24, 2.45) is 5.84 Å². The summed E-state index contributed by atoms with van der Waals surface area (Å²) < 4.78 is 0. The van der Waals surface area contributed by atoms with Crippen LogP contribution >= 0.6 is 0 Å². The molecule has 0 bridgehead atoms. The lowest BCUT2D eigenvalue weighted by molar-refractivity contribution is -0.384. The lowest BCUT2D eigenvalue weighted by Gasteiger charge is -2.31. The molecule has 0 radical (unpaired) electrons. The summed E-state index contributed by atoms with van der Waals surface area (Å²) in [4.78, 5) is 35.0. The Morgan fingerprint density at radius 1 is 1.52 bits per heavy atom. The maximum atomic E-state index is 11.6. The Kier molecular flexibility index (Phi) is 4.15. The molecular weight excluding hydrogens is 278 g/mol. The summed E-state index contributed by atoms with van der Waals surface area (Å²) in [5, 5.41) is 13.2. The van der Waals surface area contributed by atoms with Gasteiger partial charge in [0.1, 0.15) is 5.69 Å². The molecule has 1 aromatic rings. The van der Waals surface area contributed by atoms with Crippen molar-refractivity contribution in [1.82, 2.24) is 10.2 Å². The van der Waals surface area contributed by atoms with E-state index >= 15 is 0 Å². The van der Waals surface area contributed by atoms with Gasteiger partial charge in [-0.1, -0.05) is 6.07 Å². The van der Waals surface area contributed by atoms with Gasteiger partial charge in [-0.25, -0.2) is 0 Å². The topological polar surface area (TPSA) is 131 Å². The van der Waals surface area contributed by atoms with E-state index in [0.29, 0.717) is 5.56 Å². The van der Waals surface area contributed by atoms with E-state index in [1.165, 1.54) is 12.1 Å². The summed E-state index contributed by atoms with van der Waals surface area (Å²) in [5.41, 5.74) is 2.92. The Hall–Kier alpha value is -2.52. The average Bonchev–Trinajstić information content (AvgIpc) is 2.44. The highest BCUT2D eigenvalue weighted by Crippen LogP contribution is 2.25. The van der Waals surface area contributed by atoms with Gasteiger partial charge >= 0.3 is 0 Å². The molecule has 1 aromatic carbocycles. The van der Waals surface area contributed by atoms with Crippen molar-refractivity contribution in [1.29, 1.82) is 0 Å². The van der Waals surface area contributed by atoms with Crippen LogP contribution in [0.2, 0.25) is 0 Å². The first-order valence-electron chi connectivity index (χ1n) is 6.24. The van der Waals surface area contributed by atoms with E-state index in [9.17, 15) is 19.7 Å². The summed E-state index contributed by atoms with van der Waals surface area (Å²) in [6.07, 6.45) is 0. The number of nitro benzene ring substituents is 1. The zero-order chi connectivity index (χ0) is 15.6. The molecule has 1 aliphatic rings. The Morgan fingerprint density at radius 3 is 2.86 bits per heavy atom. The minimum Gasteiger partial charge on any atom is -0.318 e. The first-order chi connectivity index (χ1) is 9.92. The van der Waals surface area contributed by atoms with E-state index in [-0.39, 0.29) is 36.3 Å². The first kappa shape index (κ1) is 14.9. The summed E-state index contributed by atoms with van der Waals surface area (Å²) in [5.74, 6) is 4.46. The smallest absolute Gasteiger partial charge is 0.293 e. The molecule has 0 aromatic heterocycles. The maximum absolute atomic E-state index is 11.6. The van der Waals surface area contributed by atoms with E-state index in [4.69, 9.17) is 5.84 Å². The number of benzene rings is 1. The van der Waals surface area contributed by atoms with Crippen molar-refractivity contribution >= 4 is 23.2 Å². The van der Waals surface area contributed by atoms with Crippen molar-refractivity contribution in [3.05, 3.63) is 33.9 Å². The number of piperazine rings is 1. The maximum Gasteiger partial charge on any atom is 0.293 e. The van der Waals surface area contributed by atoms with E-state index in [2.05, 4.69) is 10.7 Å². The largest absolute Gasteiger partial charge is 0.318 e. The SMILES string of the molecule is CC1C(=O)NC(=O)CN1Cc1ccc(NN)c([N+](=O)[O-])c1. The van der Waals surface area contributed by atoms with Gasteiger partial charge in [-0.2, -0.15) is 0 Å². The summed E-state index contributed by atoms with van der Waals surface area (Å²) in [7, 11) is 0. The second-order valence-electron chi connectivity index (χ2n) is 4.75. The third-order valence-corrected chi connectivity index (χ3v) is 3.34. The summed E-state index contributed by atoms with van der Waals surface area (Å²) in [6.45, 7) is 2.00. The molecule has 2 rings (SSSR count). The number of hydrazine groups is 1. The third kappa shape index (κ3) is 3.15. The van der Waals surface area contributed by atoms with Crippen LogP contribution in [0.3, 0.4) is 0 Å². The molecule has 0 saturated carbocycles. The van der Waals surface area contributed by atoms with Crippen molar-refractivity contribution in [3.8, 4) is 0 Å². The highest BCUT2D eigenvalue weighted by molar-refractivity contribution is 6.00. The molecule has 4 N–H and O–H groups in total. The second-order valence-corrected chi connectivity index (χ2v) is 4.75. The third-order valence-electron chi connectivity index (χ3n) is 3.34. The molecule has 1 saturated heterocycles. The van der Waals surface area contributed by atoms with E-state index in [1.807, 2.05) is 0 Å². The van der Waals surface area contributed by atoms with E-state index < -0.39 is 11.0 Å². The summed E-state index contributed by atoms with van der Waals surface area (Å²) in [6, 6.07) is 4.04.